The number of carbonyl (C=O) groups is 2. The van der Waals surface area contributed by atoms with Gasteiger partial charge in [-0.1, -0.05) is 36.4 Å². The average molecular weight is 1030 g/mol. The highest BCUT2D eigenvalue weighted by Crippen LogP contribution is 2.62. The van der Waals surface area contributed by atoms with Crippen LogP contribution in [0.15, 0.2) is 97.6 Å². The molecule has 4 aliphatic carbocycles. The summed E-state index contributed by atoms with van der Waals surface area (Å²) in [6, 6.07) is 18.6. The number of nitrogens with zero attached hydrogens (tertiary/aromatic N) is 4. The van der Waals surface area contributed by atoms with Crippen molar-refractivity contribution in [1.29, 1.82) is 0 Å². The fraction of sp³-hybridized carbons (Fsp3) is 0.382. The molecule has 13 nitrogen and oxygen atoms in total. The number of Topliss-reactive ketones (excluding diaryl/α,β-unsaturated/α-hetero) is 1. The largest absolute Gasteiger partial charge is 0.481 e. The lowest BCUT2D eigenvalue weighted by atomic mass is 10.00. The summed E-state index contributed by atoms with van der Waals surface area (Å²) in [7, 11) is 0. The summed E-state index contributed by atoms with van der Waals surface area (Å²) in [5, 5.41) is 28.8. The molecule has 388 valence electrons. The minimum absolute atomic E-state index is 0.0223. The lowest BCUT2D eigenvalue weighted by Crippen LogP contribution is -2.28. The molecule has 19 heteroatoms. The number of carboxylic acid groups (broad SMARTS) is 1. The van der Waals surface area contributed by atoms with Gasteiger partial charge in [-0.15, -0.1) is 0 Å². The molecular formula is C55H52F6N4O9. The first kappa shape index (κ1) is 51.8. The number of pyridine rings is 4. The molecule has 6 aromatic rings. The van der Waals surface area contributed by atoms with Crippen molar-refractivity contribution >= 4 is 11.8 Å². The third-order valence-corrected chi connectivity index (χ3v) is 13.5. The maximum atomic E-state index is 13.9. The Hall–Kier alpha value is -7.12. The first-order valence-electron chi connectivity index (χ1n) is 23.8. The van der Waals surface area contributed by atoms with Crippen LogP contribution in [0.5, 0.6) is 23.5 Å². The van der Waals surface area contributed by atoms with Crippen molar-refractivity contribution in [2.24, 2.45) is 23.7 Å². The molecular weight excluding hydrogens is 975 g/mol. The van der Waals surface area contributed by atoms with E-state index in [2.05, 4.69) is 19.9 Å². The third kappa shape index (κ3) is 11.6. The second-order valence-corrected chi connectivity index (χ2v) is 20.5. The van der Waals surface area contributed by atoms with Gasteiger partial charge in [-0.2, -0.15) is 26.3 Å². The number of rotatable bonds is 16. The highest BCUT2D eigenvalue weighted by atomic mass is 19.4. The topological polar surface area (TPSA) is 183 Å². The van der Waals surface area contributed by atoms with Crippen LogP contribution in [0.2, 0.25) is 0 Å². The van der Waals surface area contributed by atoms with Crippen LogP contribution in [0.3, 0.4) is 0 Å². The van der Waals surface area contributed by atoms with E-state index < -0.39 is 40.7 Å². The van der Waals surface area contributed by atoms with Gasteiger partial charge in [0, 0.05) is 72.0 Å². The molecule has 4 aromatic heterocycles. The van der Waals surface area contributed by atoms with Gasteiger partial charge in [0.05, 0.1) is 28.2 Å². The third-order valence-electron chi connectivity index (χ3n) is 13.5. The van der Waals surface area contributed by atoms with Crippen LogP contribution in [-0.2, 0) is 48.0 Å². The van der Waals surface area contributed by atoms with Gasteiger partial charge in [0.2, 0.25) is 23.5 Å². The summed E-state index contributed by atoms with van der Waals surface area (Å²) in [5.41, 5.74) is 1.81. The highest BCUT2D eigenvalue weighted by molar-refractivity contribution is 5.84. The summed E-state index contributed by atoms with van der Waals surface area (Å²) in [5.74, 6) is 0.378. The number of carbonyl (C=O) groups excluding carboxylic acids is 1. The summed E-state index contributed by atoms with van der Waals surface area (Å²) in [6.45, 7) is 7.39. The molecule has 0 amide bonds. The molecule has 74 heavy (non-hydrogen) atoms. The summed E-state index contributed by atoms with van der Waals surface area (Å²) < 4.78 is 105. The first-order valence-corrected chi connectivity index (χ1v) is 23.8. The predicted molar refractivity (Wildman–Crippen MR) is 255 cm³/mol. The van der Waals surface area contributed by atoms with Crippen molar-refractivity contribution < 1.29 is 70.2 Å². The average Bonchev–Trinajstić information content (AvgIpc) is 4.16. The van der Waals surface area contributed by atoms with Crippen LogP contribution in [-0.4, -0.2) is 71.4 Å². The van der Waals surface area contributed by atoms with Crippen molar-refractivity contribution in [1.82, 2.24) is 19.9 Å². The van der Waals surface area contributed by atoms with E-state index in [1.165, 1.54) is 27.7 Å². The van der Waals surface area contributed by atoms with Gasteiger partial charge in [0.1, 0.15) is 32.2 Å². The monoisotopic (exact) mass is 1030 g/mol. The van der Waals surface area contributed by atoms with E-state index in [9.17, 15) is 51.3 Å². The number of halogens is 6. The van der Waals surface area contributed by atoms with Gasteiger partial charge >= 0.3 is 18.3 Å². The van der Waals surface area contributed by atoms with Gasteiger partial charge in [0.25, 0.3) is 0 Å². The van der Waals surface area contributed by atoms with Crippen LogP contribution in [0.25, 0.3) is 22.3 Å². The standard InChI is InChI=1S/C28H27F3N2O4.C27H25F3N2O5/c1-15(34)25-19-8-18-9-23(33-12-21(18)26(19)25)36-13-16-5-4-6-17(7-16)20-11-32-24(37-14-27(2,3)35)10-22(20)28(29,30)31;1-26(2,35)13-37-22-9-20(27(28,29)30)18(10-31-22)15-5-3-4-14(6-15)12-36-21-8-16-7-17-23(19(16)11-32-21)24(17)25(33)34/h4-7,9-12,19,25-26,35H,8,13-14H2,1-3H3;3-6,8-11,17,23-24,35H,7,12-13H2,1-2H3,(H,33,34)/t19-,25-,26+;17-,23-,24+/m01/s1. The van der Waals surface area contributed by atoms with E-state index in [0.717, 1.165) is 53.2 Å². The number of aliphatic hydroxyl groups is 2. The van der Waals surface area contributed by atoms with Crippen molar-refractivity contribution in [3.63, 3.8) is 0 Å². The molecule has 2 fully saturated rings. The van der Waals surface area contributed by atoms with Gasteiger partial charge in [-0.25, -0.2) is 19.9 Å². The highest BCUT2D eigenvalue weighted by Gasteiger charge is 2.60. The number of hydrogen-bond acceptors (Lipinski definition) is 12. The zero-order valence-corrected chi connectivity index (χ0v) is 40.8. The number of ketones is 1. The van der Waals surface area contributed by atoms with Gasteiger partial charge in [-0.3, -0.25) is 9.59 Å². The minimum atomic E-state index is -4.65. The molecule has 2 saturated carbocycles. The van der Waals surface area contributed by atoms with E-state index >= 15 is 0 Å². The molecule has 3 N–H and O–H groups in total. The Morgan fingerprint density at radius 3 is 1.35 bits per heavy atom. The molecule has 0 saturated heterocycles. The molecule has 0 bridgehead atoms. The van der Waals surface area contributed by atoms with Crippen LogP contribution in [0.1, 0.15) is 91.0 Å². The Balaban J connectivity index is 0.000000182. The van der Waals surface area contributed by atoms with Crippen LogP contribution in [0.4, 0.5) is 26.3 Å². The van der Waals surface area contributed by atoms with Gasteiger partial charge in [-0.05, 0) is 122 Å². The number of carboxylic acids is 1. The molecule has 0 unspecified atom stereocenters. The quantitative estimate of drug-likeness (QED) is 0.0780. The van der Waals surface area contributed by atoms with Crippen molar-refractivity contribution in [3.05, 3.63) is 142 Å². The van der Waals surface area contributed by atoms with Gasteiger partial charge < -0.3 is 34.3 Å². The van der Waals surface area contributed by atoms with Gasteiger partial charge in [0.15, 0.2) is 0 Å². The molecule has 6 atom stereocenters. The Bertz CT molecular complexity index is 2910. The molecule has 2 aromatic carbocycles. The fourth-order valence-corrected chi connectivity index (χ4v) is 10.0. The Labute approximate surface area is 421 Å². The Morgan fingerprint density at radius 2 is 0.959 bits per heavy atom. The summed E-state index contributed by atoms with van der Waals surface area (Å²) in [4.78, 5) is 39.7. The number of fused-ring (bicyclic) bond motifs is 6. The smallest absolute Gasteiger partial charge is 0.417 e. The fourth-order valence-electron chi connectivity index (χ4n) is 10.0. The predicted octanol–water partition coefficient (Wildman–Crippen LogP) is 10.2. The molecule has 10 rings (SSSR count). The maximum absolute atomic E-state index is 13.9. The molecule has 0 spiro atoms. The number of benzene rings is 2. The first-order chi connectivity index (χ1) is 34.8. The number of hydrogen-bond donors (Lipinski definition) is 3. The maximum Gasteiger partial charge on any atom is 0.417 e. The van der Waals surface area contributed by atoms with E-state index in [4.69, 9.17) is 18.9 Å². The van der Waals surface area contributed by atoms with Crippen LogP contribution >= 0.6 is 0 Å². The second-order valence-electron chi connectivity index (χ2n) is 20.5. The molecule has 0 radical (unpaired) electrons. The van der Waals surface area contributed by atoms with Crippen LogP contribution < -0.4 is 18.9 Å². The lowest BCUT2D eigenvalue weighted by molar-refractivity contribution is -0.139. The number of alkyl halides is 6. The molecule has 0 aliphatic heterocycles. The van der Waals surface area contributed by atoms with E-state index in [1.54, 1.807) is 67.8 Å². The van der Waals surface area contributed by atoms with Crippen molar-refractivity contribution in [3.8, 4) is 45.8 Å². The SMILES string of the molecule is CC(=O)[C@H]1[C@@H]2Cc3cc(OCc4cccc(-c5cnc(OCC(C)(C)O)cc5C(F)(F)F)c4)ncc3[C@@H]21.CC(C)(O)COc1cc(C(F)(F)F)c(-c2cccc(COc3cc4c(cn3)[C@H]3[C@@H](C4)[C@@H]3C(=O)O)c2)cn1. The number of ether oxygens (including phenoxy) is 4. The normalized spacial score (nSPS) is 20.2. The number of aliphatic carboxylic acids is 1. The van der Waals surface area contributed by atoms with Crippen molar-refractivity contribution in [2.75, 3.05) is 13.2 Å². The van der Waals surface area contributed by atoms with E-state index in [1.807, 2.05) is 12.1 Å². The molecule has 4 aliphatic rings. The zero-order valence-electron chi connectivity index (χ0n) is 40.8. The van der Waals surface area contributed by atoms with Crippen molar-refractivity contribution in [2.45, 2.75) is 96.1 Å². The second kappa shape index (κ2) is 19.6. The van der Waals surface area contributed by atoms with E-state index in [0.29, 0.717) is 46.4 Å². The lowest BCUT2D eigenvalue weighted by Gasteiger charge is -2.19. The molecule has 4 heterocycles. The van der Waals surface area contributed by atoms with E-state index in [-0.39, 0.29) is 84.7 Å². The number of aromatic nitrogens is 4. The summed E-state index contributed by atoms with van der Waals surface area (Å²) in [6.07, 6.45) is -2.09. The zero-order chi connectivity index (χ0) is 53.1. The summed E-state index contributed by atoms with van der Waals surface area (Å²) >= 11 is 0. The Kier molecular flexibility index (Phi) is 13.7. The Morgan fingerprint density at radius 1 is 0.568 bits per heavy atom. The minimum Gasteiger partial charge on any atom is -0.481 e. The van der Waals surface area contributed by atoms with Crippen LogP contribution in [0, 0.1) is 23.7 Å².